The van der Waals surface area contributed by atoms with Gasteiger partial charge in [0, 0.05) is 13.2 Å². The summed E-state index contributed by atoms with van der Waals surface area (Å²) >= 11 is 0. The van der Waals surface area contributed by atoms with E-state index in [2.05, 4.69) is 67.7 Å². The van der Waals surface area contributed by atoms with Crippen molar-refractivity contribution in [1.29, 1.82) is 0 Å². The van der Waals surface area contributed by atoms with Gasteiger partial charge >= 0.3 is 0 Å². The highest BCUT2D eigenvalue weighted by Crippen LogP contribution is 2.42. The van der Waals surface area contributed by atoms with E-state index < -0.39 is 0 Å². The van der Waals surface area contributed by atoms with E-state index in [4.69, 9.17) is 4.74 Å². The Bertz CT molecular complexity index is 561. The van der Waals surface area contributed by atoms with E-state index in [1.807, 2.05) is 0 Å². The second kappa shape index (κ2) is 6.42. The van der Waals surface area contributed by atoms with Crippen LogP contribution in [-0.2, 0) is 4.74 Å². The third-order valence-electron chi connectivity index (χ3n) is 3.88. The molecule has 3 rings (SSSR count). The summed E-state index contributed by atoms with van der Waals surface area (Å²) < 4.78 is 5.67. The van der Waals surface area contributed by atoms with Gasteiger partial charge in [-0.25, -0.2) is 0 Å². The molecule has 2 heteroatoms. The average Bonchev–Trinajstić information content (AvgIpc) is 2.81. The maximum absolute atomic E-state index is 5.67. The summed E-state index contributed by atoms with van der Waals surface area (Å²) in [7, 11) is 0. The third-order valence-corrected chi connectivity index (χ3v) is 3.88. The minimum atomic E-state index is 0.292. The number of hydrogen-bond acceptors (Lipinski definition) is 2. The maximum Gasteiger partial charge on any atom is 0.0591 e. The second-order valence-electron chi connectivity index (χ2n) is 6.03. The lowest BCUT2D eigenvalue weighted by molar-refractivity contribution is 0.111. The van der Waals surface area contributed by atoms with Gasteiger partial charge in [-0.05, 0) is 28.2 Å². The molecule has 2 aromatic rings. The lowest BCUT2D eigenvalue weighted by Crippen LogP contribution is -2.25. The zero-order chi connectivity index (χ0) is 14.7. The molecule has 1 aliphatic carbocycles. The van der Waals surface area contributed by atoms with Gasteiger partial charge in [0.25, 0.3) is 0 Å². The first-order chi connectivity index (χ1) is 10.3. The molecule has 0 atom stereocenters. The standard InChI is InChI=1S/C19H23NO/c1-14(2)13-21-12-11-20-19-17-9-5-3-7-15(17)16-8-4-6-10-18(16)19/h3-10,14,19-20H,11-13H2,1-2H3. The fourth-order valence-electron chi connectivity index (χ4n) is 2.97. The van der Waals surface area contributed by atoms with Crippen molar-refractivity contribution in [3.63, 3.8) is 0 Å². The van der Waals surface area contributed by atoms with E-state index in [9.17, 15) is 0 Å². The van der Waals surface area contributed by atoms with Crippen molar-refractivity contribution < 1.29 is 4.74 Å². The minimum absolute atomic E-state index is 0.292. The molecule has 1 N–H and O–H groups in total. The van der Waals surface area contributed by atoms with Crippen LogP contribution >= 0.6 is 0 Å². The van der Waals surface area contributed by atoms with Crippen LogP contribution in [0.3, 0.4) is 0 Å². The Morgan fingerprint density at radius 1 is 0.952 bits per heavy atom. The van der Waals surface area contributed by atoms with Crippen LogP contribution in [0.1, 0.15) is 31.0 Å². The number of fused-ring (bicyclic) bond motifs is 3. The topological polar surface area (TPSA) is 21.3 Å². The summed E-state index contributed by atoms with van der Waals surface area (Å²) in [6, 6.07) is 17.6. The number of benzene rings is 2. The molecule has 0 saturated heterocycles. The minimum Gasteiger partial charge on any atom is -0.380 e. The SMILES string of the molecule is CC(C)COCCNC1c2ccccc2-c2ccccc21. The van der Waals surface area contributed by atoms with Crippen molar-refractivity contribution in [2.45, 2.75) is 19.9 Å². The largest absolute Gasteiger partial charge is 0.380 e. The highest BCUT2D eigenvalue weighted by molar-refractivity contribution is 5.78. The van der Waals surface area contributed by atoms with Crippen LogP contribution < -0.4 is 5.32 Å². The summed E-state index contributed by atoms with van der Waals surface area (Å²) in [5.41, 5.74) is 5.47. The van der Waals surface area contributed by atoms with Crippen molar-refractivity contribution >= 4 is 0 Å². The normalized spacial score (nSPS) is 13.5. The van der Waals surface area contributed by atoms with E-state index in [1.165, 1.54) is 22.3 Å². The highest BCUT2D eigenvalue weighted by Gasteiger charge is 2.27. The molecule has 0 bridgehead atoms. The van der Waals surface area contributed by atoms with Gasteiger partial charge in [0.15, 0.2) is 0 Å². The first-order valence-electron chi connectivity index (χ1n) is 7.76. The van der Waals surface area contributed by atoms with Gasteiger partial charge in [0.05, 0.1) is 12.6 Å². The molecule has 0 heterocycles. The molecule has 0 fully saturated rings. The molecule has 2 nitrogen and oxygen atoms in total. The second-order valence-corrected chi connectivity index (χ2v) is 6.03. The number of nitrogens with one attached hydrogen (secondary N) is 1. The number of ether oxygens (including phenoxy) is 1. The Kier molecular flexibility index (Phi) is 4.37. The summed E-state index contributed by atoms with van der Waals surface area (Å²) in [5, 5.41) is 3.64. The first kappa shape index (κ1) is 14.3. The molecule has 1 aliphatic rings. The van der Waals surface area contributed by atoms with E-state index in [1.54, 1.807) is 0 Å². The molecule has 0 aliphatic heterocycles. The number of rotatable bonds is 6. The zero-order valence-corrected chi connectivity index (χ0v) is 12.8. The van der Waals surface area contributed by atoms with Gasteiger partial charge in [-0.15, -0.1) is 0 Å². The smallest absolute Gasteiger partial charge is 0.0591 e. The fraction of sp³-hybridized carbons (Fsp3) is 0.368. The van der Waals surface area contributed by atoms with Crippen molar-refractivity contribution in [3.05, 3.63) is 59.7 Å². The van der Waals surface area contributed by atoms with Crippen LogP contribution in [0, 0.1) is 5.92 Å². The van der Waals surface area contributed by atoms with Gasteiger partial charge in [0.2, 0.25) is 0 Å². The molecular weight excluding hydrogens is 258 g/mol. The zero-order valence-electron chi connectivity index (χ0n) is 12.8. The van der Waals surface area contributed by atoms with Crippen LogP contribution in [0.25, 0.3) is 11.1 Å². The lowest BCUT2D eigenvalue weighted by Gasteiger charge is -2.16. The van der Waals surface area contributed by atoms with Crippen LogP contribution in [0.4, 0.5) is 0 Å². The van der Waals surface area contributed by atoms with Gasteiger partial charge in [0.1, 0.15) is 0 Å². The molecular formula is C19H23NO. The molecule has 21 heavy (non-hydrogen) atoms. The molecule has 0 aromatic heterocycles. The Hall–Kier alpha value is -1.64. The van der Waals surface area contributed by atoms with Gasteiger partial charge in [-0.3, -0.25) is 0 Å². The molecule has 110 valence electrons. The monoisotopic (exact) mass is 281 g/mol. The molecule has 0 amide bonds. The van der Waals surface area contributed by atoms with E-state index in [-0.39, 0.29) is 0 Å². The Morgan fingerprint density at radius 3 is 2.10 bits per heavy atom. The molecule has 2 aromatic carbocycles. The lowest BCUT2D eigenvalue weighted by atomic mass is 10.1. The van der Waals surface area contributed by atoms with Gasteiger partial charge in [-0.2, -0.15) is 0 Å². The Balaban J connectivity index is 1.70. The van der Waals surface area contributed by atoms with Crippen LogP contribution in [0.2, 0.25) is 0 Å². The molecule has 0 unspecified atom stereocenters. The van der Waals surface area contributed by atoms with E-state index in [0.29, 0.717) is 12.0 Å². The third kappa shape index (κ3) is 3.02. The average molecular weight is 281 g/mol. The van der Waals surface area contributed by atoms with E-state index >= 15 is 0 Å². The number of hydrogen-bond donors (Lipinski definition) is 1. The maximum atomic E-state index is 5.67. The quantitative estimate of drug-likeness (QED) is 0.808. The van der Waals surface area contributed by atoms with Crippen LogP contribution in [0.5, 0.6) is 0 Å². The molecule has 0 saturated carbocycles. The van der Waals surface area contributed by atoms with Crippen LogP contribution in [-0.4, -0.2) is 19.8 Å². The van der Waals surface area contributed by atoms with Gasteiger partial charge in [-0.1, -0.05) is 62.4 Å². The predicted octanol–water partition coefficient (Wildman–Crippen LogP) is 4.02. The fourth-order valence-corrected chi connectivity index (χ4v) is 2.97. The Labute approximate surface area is 127 Å². The van der Waals surface area contributed by atoms with Crippen molar-refractivity contribution in [3.8, 4) is 11.1 Å². The van der Waals surface area contributed by atoms with Crippen LogP contribution in [0.15, 0.2) is 48.5 Å². The van der Waals surface area contributed by atoms with Crippen molar-refractivity contribution in [2.24, 2.45) is 5.92 Å². The summed E-state index contributed by atoms with van der Waals surface area (Å²) in [6.45, 7) is 6.83. The summed E-state index contributed by atoms with van der Waals surface area (Å²) in [6.07, 6.45) is 0. The van der Waals surface area contributed by atoms with Gasteiger partial charge < -0.3 is 10.1 Å². The highest BCUT2D eigenvalue weighted by atomic mass is 16.5. The molecule has 0 spiro atoms. The molecule has 0 radical (unpaired) electrons. The van der Waals surface area contributed by atoms with E-state index in [0.717, 1.165) is 19.8 Å². The van der Waals surface area contributed by atoms with Crippen molar-refractivity contribution in [2.75, 3.05) is 19.8 Å². The Morgan fingerprint density at radius 2 is 1.52 bits per heavy atom. The summed E-state index contributed by atoms with van der Waals surface area (Å²) in [4.78, 5) is 0. The summed E-state index contributed by atoms with van der Waals surface area (Å²) in [5.74, 6) is 0.595. The predicted molar refractivity (Wildman–Crippen MR) is 87.4 cm³/mol. The van der Waals surface area contributed by atoms with Crippen molar-refractivity contribution in [1.82, 2.24) is 5.32 Å². The first-order valence-corrected chi connectivity index (χ1v) is 7.76.